The van der Waals surface area contributed by atoms with Crippen LogP contribution < -0.4 is 5.32 Å². The van der Waals surface area contributed by atoms with Gasteiger partial charge in [0.25, 0.3) is 0 Å². The topological polar surface area (TPSA) is 12.0 Å². The SMILES string of the molecule is Cc1cc(C)c(C(C)Nc2cccc(Cl)c2Br)cc1C. The second-order valence-corrected chi connectivity index (χ2v) is 6.46. The van der Waals surface area contributed by atoms with Crippen LogP contribution in [-0.2, 0) is 0 Å². The van der Waals surface area contributed by atoms with Gasteiger partial charge in [-0.05, 0) is 78.0 Å². The molecule has 106 valence electrons. The highest BCUT2D eigenvalue weighted by Crippen LogP contribution is 2.33. The Morgan fingerprint density at radius 2 is 1.70 bits per heavy atom. The van der Waals surface area contributed by atoms with Crippen molar-refractivity contribution in [1.82, 2.24) is 0 Å². The molecule has 0 bridgehead atoms. The minimum atomic E-state index is 0.226. The van der Waals surface area contributed by atoms with Crippen molar-refractivity contribution >= 4 is 33.2 Å². The van der Waals surface area contributed by atoms with E-state index in [9.17, 15) is 0 Å². The molecule has 0 amide bonds. The van der Waals surface area contributed by atoms with Crippen molar-refractivity contribution in [2.75, 3.05) is 5.32 Å². The average Bonchev–Trinajstić information content (AvgIpc) is 2.39. The molecule has 20 heavy (non-hydrogen) atoms. The lowest BCUT2D eigenvalue weighted by Gasteiger charge is -2.20. The van der Waals surface area contributed by atoms with Crippen LogP contribution in [0.4, 0.5) is 5.69 Å². The van der Waals surface area contributed by atoms with Crippen molar-refractivity contribution in [3.8, 4) is 0 Å². The van der Waals surface area contributed by atoms with E-state index in [1.165, 1.54) is 22.3 Å². The fourth-order valence-electron chi connectivity index (χ4n) is 2.38. The fraction of sp³-hybridized carbons (Fsp3) is 0.294. The minimum Gasteiger partial charge on any atom is -0.378 e. The van der Waals surface area contributed by atoms with Gasteiger partial charge >= 0.3 is 0 Å². The van der Waals surface area contributed by atoms with E-state index in [4.69, 9.17) is 11.6 Å². The third-order valence-corrected chi connectivity index (χ3v) is 5.07. The standard InChI is InChI=1S/C17H19BrClN/c1-10-8-12(3)14(9-11(10)2)13(4)20-16-7-5-6-15(19)17(16)18/h5-9,13,20H,1-4H3. The number of halogens is 2. The Morgan fingerprint density at radius 3 is 2.40 bits per heavy atom. The van der Waals surface area contributed by atoms with Crippen LogP contribution in [0.3, 0.4) is 0 Å². The van der Waals surface area contributed by atoms with Gasteiger partial charge in [0.15, 0.2) is 0 Å². The summed E-state index contributed by atoms with van der Waals surface area (Å²) in [6, 6.07) is 10.6. The predicted octanol–water partition coefficient (Wildman–Crippen LogP) is 6.20. The molecule has 0 aliphatic rings. The van der Waals surface area contributed by atoms with Crippen molar-refractivity contribution in [1.29, 1.82) is 0 Å². The third kappa shape index (κ3) is 3.18. The molecule has 1 unspecified atom stereocenters. The molecule has 2 rings (SSSR count). The van der Waals surface area contributed by atoms with Gasteiger partial charge in [0, 0.05) is 6.04 Å². The van der Waals surface area contributed by atoms with Gasteiger partial charge in [0.1, 0.15) is 0 Å². The molecule has 1 nitrogen and oxygen atoms in total. The number of hydrogen-bond donors (Lipinski definition) is 1. The largest absolute Gasteiger partial charge is 0.378 e. The second kappa shape index (κ2) is 6.19. The minimum absolute atomic E-state index is 0.226. The molecule has 1 N–H and O–H groups in total. The normalized spacial score (nSPS) is 12.3. The molecule has 0 heterocycles. The van der Waals surface area contributed by atoms with E-state index in [0.717, 1.165) is 15.2 Å². The van der Waals surface area contributed by atoms with Gasteiger partial charge in [0.2, 0.25) is 0 Å². The molecule has 0 aliphatic carbocycles. The number of aryl methyl sites for hydroxylation is 3. The first-order valence-electron chi connectivity index (χ1n) is 6.68. The molecule has 0 saturated heterocycles. The molecule has 1 atom stereocenters. The zero-order valence-electron chi connectivity index (χ0n) is 12.2. The Morgan fingerprint density at radius 1 is 1.05 bits per heavy atom. The summed E-state index contributed by atoms with van der Waals surface area (Å²) in [6.45, 7) is 8.63. The summed E-state index contributed by atoms with van der Waals surface area (Å²) in [4.78, 5) is 0. The summed E-state index contributed by atoms with van der Waals surface area (Å²) in [6.07, 6.45) is 0. The maximum atomic E-state index is 6.13. The quantitative estimate of drug-likeness (QED) is 0.693. The van der Waals surface area contributed by atoms with E-state index < -0.39 is 0 Å². The van der Waals surface area contributed by atoms with Crippen LogP contribution in [0, 0.1) is 20.8 Å². The van der Waals surface area contributed by atoms with E-state index in [1.807, 2.05) is 18.2 Å². The molecular formula is C17H19BrClN. The first-order valence-corrected chi connectivity index (χ1v) is 7.85. The Hall–Kier alpha value is -0.990. The molecule has 0 saturated carbocycles. The molecule has 2 aromatic carbocycles. The van der Waals surface area contributed by atoms with Crippen molar-refractivity contribution in [2.45, 2.75) is 33.7 Å². The van der Waals surface area contributed by atoms with Gasteiger partial charge in [-0.1, -0.05) is 29.8 Å². The molecule has 3 heteroatoms. The van der Waals surface area contributed by atoms with Crippen LogP contribution in [0.25, 0.3) is 0 Å². The van der Waals surface area contributed by atoms with Gasteiger partial charge in [-0.25, -0.2) is 0 Å². The van der Waals surface area contributed by atoms with Gasteiger partial charge in [-0.15, -0.1) is 0 Å². The lowest BCUT2D eigenvalue weighted by molar-refractivity contribution is 0.869. The monoisotopic (exact) mass is 351 g/mol. The number of nitrogens with one attached hydrogen (secondary N) is 1. The van der Waals surface area contributed by atoms with Crippen LogP contribution in [0.15, 0.2) is 34.8 Å². The Balaban J connectivity index is 2.31. The highest BCUT2D eigenvalue weighted by atomic mass is 79.9. The number of hydrogen-bond acceptors (Lipinski definition) is 1. The summed E-state index contributed by atoms with van der Waals surface area (Å²) in [5.41, 5.74) is 6.31. The third-order valence-electron chi connectivity index (χ3n) is 3.67. The van der Waals surface area contributed by atoms with Crippen LogP contribution >= 0.6 is 27.5 Å². The molecule has 0 radical (unpaired) electrons. The Bertz CT molecular complexity index is 637. The summed E-state index contributed by atoms with van der Waals surface area (Å²) >= 11 is 9.67. The van der Waals surface area contributed by atoms with Crippen LogP contribution in [0.2, 0.25) is 5.02 Å². The smallest absolute Gasteiger partial charge is 0.0593 e. The first-order chi connectivity index (χ1) is 9.40. The molecule has 0 aliphatic heterocycles. The van der Waals surface area contributed by atoms with E-state index in [1.54, 1.807) is 0 Å². The number of rotatable bonds is 3. The van der Waals surface area contributed by atoms with Gasteiger partial charge in [-0.2, -0.15) is 0 Å². The molecule has 2 aromatic rings. The molecule has 0 spiro atoms. The summed E-state index contributed by atoms with van der Waals surface area (Å²) < 4.78 is 0.912. The summed E-state index contributed by atoms with van der Waals surface area (Å²) in [5.74, 6) is 0. The highest BCUT2D eigenvalue weighted by Gasteiger charge is 2.12. The van der Waals surface area contributed by atoms with E-state index >= 15 is 0 Å². The van der Waals surface area contributed by atoms with Crippen LogP contribution in [0.1, 0.15) is 35.2 Å². The van der Waals surface area contributed by atoms with Crippen molar-refractivity contribution in [2.24, 2.45) is 0 Å². The number of benzene rings is 2. The van der Waals surface area contributed by atoms with Gasteiger partial charge in [0.05, 0.1) is 15.2 Å². The summed E-state index contributed by atoms with van der Waals surface area (Å²) in [7, 11) is 0. The average molecular weight is 353 g/mol. The maximum Gasteiger partial charge on any atom is 0.0593 e. The van der Waals surface area contributed by atoms with Gasteiger partial charge in [-0.3, -0.25) is 0 Å². The Labute approximate surface area is 134 Å². The van der Waals surface area contributed by atoms with Gasteiger partial charge < -0.3 is 5.32 Å². The van der Waals surface area contributed by atoms with Crippen molar-refractivity contribution in [3.05, 3.63) is 62.1 Å². The summed E-state index contributed by atoms with van der Waals surface area (Å²) in [5, 5.41) is 4.24. The lowest BCUT2D eigenvalue weighted by Crippen LogP contribution is -2.09. The predicted molar refractivity (Wildman–Crippen MR) is 91.8 cm³/mol. The highest BCUT2D eigenvalue weighted by molar-refractivity contribution is 9.10. The number of anilines is 1. The molecule has 0 aromatic heterocycles. The van der Waals surface area contributed by atoms with E-state index in [0.29, 0.717) is 0 Å². The van der Waals surface area contributed by atoms with E-state index in [-0.39, 0.29) is 6.04 Å². The fourth-order valence-corrected chi connectivity index (χ4v) is 2.93. The molecular weight excluding hydrogens is 334 g/mol. The van der Waals surface area contributed by atoms with Crippen LogP contribution in [0.5, 0.6) is 0 Å². The van der Waals surface area contributed by atoms with Crippen LogP contribution in [-0.4, -0.2) is 0 Å². The zero-order valence-corrected chi connectivity index (χ0v) is 14.6. The van der Waals surface area contributed by atoms with E-state index in [2.05, 4.69) is 61.1 Å². The zero-order chi connectivity index (χ0) is 14.9. The second-order valence-electron chi connectivity index (χ2n) is 5.26. The molecule has 0 fully saturated rings. The Kier molecular flexibility index (Phi) is 4.77. The van der Waals surface area contributed by atoms with Crippen molar-refractivity contribution in [3.63, 3.8) is 0 Å². The lowest BCUT2D eigenvalue weighted by atomic mass is 9.96. The van der Waals surface area contributed by atoms with Crippen molar-refractivity contribution < 1.29 is 0 Å². The first kappa shape index (κ1) is 15.4. The maximum absolute atomic E-state index is 6.13.